The van der Waals surface area contributed by atoms with Crippen LogP contribution in [0, 0.1) is 14.0 Å². The summed E-state index contributed by atoms with van der Waals surface area (Å²) < 4.78 is 4.68. The molecule has 1 rings (SSSR count). The van der Waals surface area contributed by atoms with E-state index in [0.717, 1.165) is 5.56 Å². The molecule has 47 valence electrons. The maximum absolute atomic E-state index is 4.68. The van der Waals surface area contributed by atoms with E-state index in [9.17, 15) is 0 Å². The van der Waals surface area contributed by atoms with Crippen molar-refractivity contribution < 1.29 is 4.74 Å². The van der Waals surface area contributed by atoms with E-state index in [1.54, 1.807) is 6.20 Å². The van der Waals surface area contributed by atoms with E-state index in [0.29, 0.717) is 5.88 Å². The number of rotatable bonds is 1. The van der Waals surface area contributed by atoms with Crippen molar-refractivity contribution in [2.45, 2.75) is 6.92 Å². The number of aromatic nitrogens is 1. The molecule has 1 aromatic heterocycles. The Morgan fingerprint density at radius 1 is 1.67 bits per heavy atom. The van der Waals surface area contributed by atoms with Crippen molar-refractivity contribution in [3.8, 4) is 5.88 Å². The zero-order chi connectivity index (χ0) is 6.69. The lowest BCUT2D eigenvalue weighted by Crippen LogP contribution is -1.86. The Bertz CT molecular complexity index is 198. The summed E-state index contributed by atoms with van der Waals surface area (Å²) in [6.45, 7) is 1.92. The fourth-order valence-electron chi connectivity index (χ4n) is 0.622. The van der Waals surface area contributed by atoms with E-state index in [-0.39, 0.29) is 0 Å². The lowest BCUT2D eigenvalue weighted by atomic mass is 10.3. The Hall–Kier alpha value is -1.05. The Kier molecular flexibility index (Phi) is 1.68. The van der Waals surface area contributed by atoms with Gasteiger partial charge in [0.05, 0.1) is 0 Å². The number of ether oxygens (including phenoxy) is 1. The van der Waals surface area contributed by atoms with Crippen LogP contribution >= 0.6 is 0 Å². The molecular formula is C7H8NO. The summed E-state index contributed by atoms with van der Waals surface area (Å²) in [6, 6.07) is 3.78. The van der Waals surface area contributed by atoms with Crippen molar-refractivity contribution in [2.24, 2.45) is 0 Å². The molecule has 2 nitrogen and oxygen atoms in total. The summed E-state index contributed by atoms with van der Waals surface area (Å²) in [5, 5.41) is 0. The molecule has 1 heterocycles. The highest BCUT2D eigenvalue weighted by atomic mass is 16.5. The summed E-state index contributed by atoms with van der Waals surface area (Å²) in [6.07, 6.45) is 1.67. The molecule has 0 fully saturated rings. The van der Waals surface area contributed by atoms with Gasteiger partial charge >= 0.3 is 0 Å². The molecule has 0 bridgehead atoms. The molecule has 1 aromatic rings. The first-order valence-corrected chi connectivity index (χ1v) is 2.68. The van der Waals surface area contributed by atoms with Gasteiger partial charge in [-0.15, -0.1) is 0 Å². The first-order valence-electron chi connectivity index (χ1n) is 2.68. The number of aryl methyl sites for hydroxylation is 1. The van der Waals surface area contributed by atoms with Gasteiger partial charge in [0, 0.05) is 11.8 Å². The van der Waals surface area contributed by atoms with Crippen molar-refractivity contribution in [2.75, 3.05) is 0 Å². The molecule has 0 atom stereocenters. The number of hydrogen-bond acceptors (Lipinski definition) is 2. The number of pyridine rings is 1. The quantitative estimate of drug-likeness (QED) is 0.564. The van der Waals surface area contributed by atoms with Crippen molar-refractivity contribution in [3.63, 3.8) is 0 Å². The summed E-state index contributed by atoms with van der Waals surface area (Å²) in [7, 11) is 3.25. The Balaban J connectivity index is 3.01. The van der Waals surface area contributed by atoms with Gasteiger partial charge in [-0.05, 0) is 13.0 Å². The summed E-state index contributed by atoms with van der Waals surface area (Å²) >= 11 is 0. The molecular weight excluding hydrogens is 114 g/mol. The summed E-state index contributed by atoms with van der Waals surface area (Å²) in [5.41, 5.74) is 1.01. The zero-order valence-electron chi connectivity index (χ0n) is 5.29. The second-order valence-corrected chi connectivity index (χ2v) is 1.77. The highest BCUT2D eigenvalue weighted by Crippen LogP contribution is 2.10. The average Bonchev–Trinajstić information content (AvgIpc) is 1.89. The van der Waals surface area contributed by atoms with Crippen LogP contribution in [0.15, 0.2) is 18.3 Å². The van der Waals surface area contributed by atoms with Gasteiger partial charge in [-0.3, -0.25) is 0 Å². The maximum Gasteiger partial charge on any atom is 0.216 e. The first-order chi connectivity index (χ1) is 4.34. The standard InChI is InChI=1S/C7H8NO/c1-6-4-3-5-8-7(6)9-2/h3-5H,2H2,1H3. The van der Waals surface area contributed by atoms with Gasteiger partial charge in [-0.25, -0.2) is 4.98 Å². The molecule has 0 amide bonds. The lowest BCUT2D eigenvalue weighted by molar-refractivity contribution is 0.449. The van der Waals surface area contributed by atoms with Crippen LogP contribution < -0.4 is 4.74 Å². The minimum Gasteiger partial charge on any atom is -0.474 e. The minimum absolute atomic E-state index is 0.595. The molecule has 1 radical (unpaired) electrons. The highest BCUT2D eigenvalue weighted by molar-refractivity contribution is 5.23. The Labute approximate surface area is 54.5 Å². The van der Waals surface area contributed by atoms with E-state index >= 15 is 0 Å². The molecule has 0 aromatic carbocycles. The predicted octanol–water partition coefficient (Wildman–Crippen LogP) is 1.56. The molecule has 0 aliphatic rings. The fraction of sp³-hybridized carbons (Fsp3) is 0.143. The van der Waals surface area contributed by atoms with Crippen LogP contribution in [0.2, 0.25) is 0 Å². The van der Waals surface area contributed by atoms with Gasteiger partial charge in [0.1, 0.15) is 7.11 Å². The van der Waals surface area contributed by atoms with Crippen LogP contribution in [0.3, 0.4) is 0 Å². The van der Waals surface area contributed by atoms with Crippen LogP contribution in [-0.2, 0) is 0 Å². The van der Waals surface area contributed by atoms with Gasteiger partial charge in [-0.2, -0.15) is 0 Å². The van der Waals surface area contributed by atoms with Crippen molar-refractivity contribution in [3.05, 3.63) is 31.0 Å². The van der Waals surface area contributed by atoms with Gasteiger partial charge in [0.15, 0.2) is 0 Å². The number of hydrogen-bond donors (Lipinski definition) is 0. The van der Waals surface area contributed by atoms with Crippen LogP contribution in [0.5, 0.6) is 5.88 Å². The van der Waals surface area contributed by atoms with Gasteiger partial charge in [0.25, 0.3) is 0 Å². The monoisotopic (exact) mass is 122 g/mol. The van der Waals surface area contributed by atoms with E-state index in [1.165, 1.54) is 0 Å². The molecule has 0 saturated heterocycles. The Morgan fingerprint density at radius 3 is 2.89 bits per heavy atom. The molecule has 0 aliphatic heterocycles. The smallest absolute Gasteiger partial charge is 0.216 e. The third kappa shape index (κ3) is 1.19. The van der Waals surface area contributed by atoms with Crippen molar-refractivity contribution in [1.82, 2.24) is 4.98 Å². The lowest BCUT2D eigenvalue weighted by Gasteiger charge is -1.98. The third-order valence-corrected chi connectivity index (χ3v) is 1.10. The van der Waals surface area contributed by atoms with Crippen LogP contribution in [-0.4, -0.2) is 4.98 Å². The van der Waals surface area contributed by atoms with Gasteiger partial charge in [-0.1, -0.05) is 6.07 Å². The predicted molar refractivity (Wildman–Crippen MR) is 35.0 cm³/mol. The second-order valence-electron chi connectivity index (χ2n) is 1.77. The molecule has 0 N–H and O–H groups in total. The molecule has 2 heteroatoms. The highest BCUT2D eigenvalue weighted by Gasteiger charge is 1.93. The minimum atomic E-state index is 0.595. The van der Waals surface area contributed by atoms with Crippen LogP contribution in [0.4, 0.5) is 0 Å². The zero-order valence-corrected chi connectivity index (χ0v) is 5.29. The molecule has 0 unspecified atom stereocenters. The third-order valence-electron chi connectivity index (χ3n) is 1.10. The van der Waals surface area contributed by atoms with E-state index < -0.39 is 0 Å². The molecule has 0 saturated carbocycles. The fourth-order valence-corrected chi connectivity index (χ4v) is 0.622. The molecule has 9 heavy (non-hydrogen) atoms. The molecule has 0 spiro atoms. The van der Waals surface area contributed by atoms with Crippen molar-refractivity contribution >= 4 is 0 Å². The van der Waals surface area contributed by atoms with Crippen LogP contribution in [0.25, 0.3) is 0 Å². The van der Waals surface area contributed by atoms with Gasteiger partial charge < -0.3 is 4.74 Å². The maximum atomic E-state index is 4.68. The number of nitrogens with zero attached hydrogens (tertiary/aromatic N) is 1. The normalized spacial score (nSPS) is 9.11. The molecule has 0 aliphatic carbocycles. The van der Waals surface area contributed by atoms with E-state index in [1.807, 2.05) is 19.1 Å². The van der Waals surface area contributed by atoms with Crippen LogP contribution in [0.1, 0.15) is 5.56 Å². The largest absolute Gasteiger partial charge is 0.474 e. The van der Waals surface area contributed by atoms with E-state index in [4.69, 9.17) is 0 Å². The second kappa shape index (κ2) is 2.49. The topological polar surface area (TPSA) is 22.1 Å². The van der Waals surface area contributed by atoms with E-state index in [2.05, 4.69) is 16.8 Å². The van der Waals surface area contributed by atoms with Crippen molar-refractivity contribution in [1.29, 1.82) is 0 Å². The summed E-state index contributed by atoms with van der Waals surface area (Å²) in [4.78, 5) is 3.91. The first kappa shape index (κ1) is 6.08. The van der Waals surface area contributed by atoms with Gasteiger partial charge in [0.2, 0.25) is 5.88 Å². The summed E-state index contributed by atoms with van der Waals surface area (Å²) in [5.74, 6) is 0.595. The average molecular weight is 122 g/mol. The SMILES string of the molecule is [CH2]Oc1ncccc1C. The Morgan fingerprint density at radius 2 is 2.44 bits per heavy atom.